The van der Waals surface area contributed by atoms with Gasteiger partial charge in [-0.2, -0.15) is 0 Å². The standard InChI is InChI=1S/C16H16ClNO2S/c1-20-15-7-5-14(6-8-15)18-16(19)11-21-10-12-3-2-4-13(17)9-12/h2-9H,10-11H2,1H3,(H,18,19). The second-order valence-electron chi connectivity index (χ2n) is 4.40. The highest BCUT2D eigenvalue weighted by Gasteiger charge is 2.03. The molecular weight excluding hydrogens is 306 g/mol. The molecule has 2 aromatic carbocycles. The Bertz CT molecular complexity index is 601. The number of methoxy groups -OCH3 is 1. The largest absolute Gasteiger partial charge is 0.497 e. The van der Waals surface area contributed by atoms with Crippen LogP contribution in [-0.2, 0) is 10.5 Å². The van der Waals surface area contributed by atoms with Crippen LogP contribution in [0.5, 0.6) is 5.75 Å². The summed E-state index contributed by atoms with van der Waals surface area (Å²) in [4.78, 5) is 11.8. The second-order valence-corrected chi connectivity index (χ2v) is 5.82. The van der Waals surface area contributed by atoms with E-state index in [-0.39, 0.29) is 5.91 Å². The molecule has 5 heteroatoms. The van der Waals surface area contributed by atoms with Gasteiger partial charge in [-0.1, -0.05) is 23.7 Å². The monoisotopic (exact) mass is 321 g/mol. The Kier molecular flexibility index (Phi) is 5.96. The number of nitrogens with one attached hydrogen (secondary N) is 1. The first-order chi connectivity index (χ1) is 10.2. The number of benzene rings is 2. The normalized spacial score (nSPS) is 10.2. The number of hydrogen-bond donors (Lipinski definition) is 1. The number of hydrogen-bond acceptors (Lipinski definition) is 3. The van der Waals surface area contributed by atoms with Crippen LogP contribution in [0, 0.1) is 0 Å². The summed E-state index contributed by atoms with van der Waals surface area (Å²) in [5, 5.41) is 3.57. The highest BCUT2D eigenvalue weighted by molar-refractivity contribution is 7.99. The average Bonchev–Trinajstić information content (AvgIpc) is 2.48. The molecule has 110 valence electrons. The fourth-order valence-corrected chi connectivity index (χ4v) is 2.75. The zero-order valence-electron chi connectivity index (χ0n) is 11.6. The van der Waals surface area contributed by atoms with E-state index in [0.717, 1.165) is 27.8 Å². The average molecular weight is 322 g/mol. The van der Waals surface area contributed by atoms with Crippen molar-refractivity contribution in [1.29, 1.82) is 0 Å². The first-order valence-corrected chi connectivity index (χ1v) is 7.97. The van der Waals surface area contributed by atoms with E-state index in [1.165, 1.54) is 0 Å². The van der Waals surface area contributed by atoms with E-state index in [0.29, 0.717) is 5.75 Å². The molecule has 0 spiro atoms. The lowest BCUT2D eigenvalue weighted by Gasteiger charge is -2.06. The predicted octanol–water partition coefficient (Wildman–Crippen LogP) is 4.22. The van der Waals surface area contributed by atoms with E-state index in [1.807, 2.05) is 48.5 Å². The fourth-order valence-electron chi connectivity index (χ4n) is 1.76. The minimum absolute atomic E-state index is 0.0211. The maximum Gasteiger partial charge on any atom is 0.234 e. The van der Waals surface area contributed by atoms with E-state index in [1.54, 1.807) is 18.9 Å². The van der Waals surface area contributed by atoms with Crippen LogP contribution in [0.15, 0.2) is 48.5 Å². The van der Waals surface area contributed by atoms with Crippen molar-refractivity contribution in [3.8, 4) is 5.75 Å². The molecule has 2 rings (SSSR count). The summed E-state index contributed by atoms with van der Waals surface area (Å²) in [7, 11) is 1.61. The third-order valence-corrected chi connectivity index (χ3v) is 4.00. The molecule has 0 saturated heterocycles. The number of ether oxygens (including phenoxy) is 1. The maximum absolute atomic E-state index is 11.8. The molecule has 21 heavy (non-hydrogen) atoms. The van der Waals surface area contributed by atoms with Gasteiger partial charge < -0.3 is 10.1 Å². The number of carbonyl (C=O) groups excluding carboxylic acids is 1. The summed E-state index contributed by atoms with van der Waals surface area (Å²) in [5.74, 6) is 1.91. The highest BCUT2D eigenvalue weighted by Crippen LogP contribution is 2.18. The van der Waals surface area contributed by atoms with Crippen LogP contribution in [0.25, 0.3) is 0 Å². The van der Waals surface area contributed by atoms with Gasteiger partial charge in [-0.05, 0) is 42.0 Å². The van der Waals surface area contributed by atoms with Gasteiger partial charge in [-0.15, -0.1) is 11.8 Å². The molecule has 1 N–H and O–H groups in total. The van der Waals surface area contributed by atoms with E-state index in [2.05, 4.69) is 5.32 Å². The minimum Gasteiger partial charge on any atom is -0.497 e. The van der Waals surface area contributed by atoms with Crippen LogP contribution in [-0.4, -0.2) is 18.8 Å². The van der Waals surface area contributed by atoms with Gasteiger partial charge in [0.25, 0.3) is 0 Å². The lowest BCUT2D eigenvalue weighted by Crippen LogP contribution is -2.14. The summed E-state index contributed by atoms with van der Waals surface area (Å²) in [6.45, 7) is 0. The molecule has 0 saturated carbocycles. The van der Waals surface area contributed by atoms with E-state index in [9.17, 15) is 4.79 Å². The number of rotatable bonds is 6. The number of amides is 1. The highest BCUT2D eigenvalue weighted by atomic mass is 35.5. The summed E-state index contributed by atoms with van der Waals surface area (Å²) in [5.41, 5.74) is 1.88. The zero-order valence-corrected chi connectivity index (χ0v) is 13.2. The molecule has 0 unspecified atom stereocenters. The summed E-state index contributed by atoms with van der Waals surface area (Å²) in [6, 6.07) is 14.9. The first-order valence-electron chi connectivity index (χ1n) is 6.43. The third-order valence-electron chi connectivity index (χ3n) is 2.76. The van der Waals surface area contributed by atoms with Crippen molar-refractivity contribution in [3.05, 3.63) is 59.1 Å². The predicted molar refractivity (Wildman–Crippen MR) is 89.2 cm³/mol. The number of thioether (sulfide) groups is 1. The van der Waals surface area contributed by atoms with Crippen molar-refractivity contribution in [2.24, 2.45) is 0 Å². The van der Waals surface area contributed by atoms with Gasteiger partial charge in [0.05, 0.1) is 12.9 Å². The molecule has 0 aliphatic carbocycles. The lowest BCUT2D eigenvalue weighted by molar-refractivity contribution is -0.113. The van der Waals surface area contributed by atoms with Gasteiger partial charge in [-0.25, -0.2) is 0 Å². The van der Waals surface area contributed by atoms with Gasteiger partial charge >= 0.3 is 0 Å². The van der Waals surface area contributed by atoms with Gasteiger partial charge in [0, 0.05) is 16.5 Å². The molecule has 1 amide bonds. The Morgan fingerprint density at radius 3 is 2.67 bits per heavy atom. The summed E-state index contributed by atoms with van der Waals surface area (Å²) in [6.07, 6.45) is 0. The topological polar surface area (TPSA) is 38.3 Å². The van der Waals surface area contributed by atoms with Crippen LogP contribution < -0.4 is 10.1 Å². The van der Waals surface area contributed by atoms with Crippen molar-refractivity contribution < 1.29 is 9.53 Å². The third kappa shape index (κ3) is 5.33. The summed E-state index contributed by atoms with van der Waals surface area (Å²) < 4.78 is 5.07. The van der Waals surface area contributed by atoms with Crippen molar-refractivity contribution in [1.82, 2.24) is 0 Å². The lowest BCUT2D eigenvalue weighted by atomic mass is 10.2. The smallest absolute Gasteiger partial charge is 0.234 e. The van der Waals surface area contributed by atoms with Gasteiger partial charge in [0.2, 0.25) is 5.91 Å². The van der Waals surface area contributed by atoms with Gasteiger partial charge in [0.1, 0.15) is 5.75 Å². The Balaban J connectivity index is 1.76. The first kappa shape index (κ1) is 15.7. The number of halogens is 1. The van der Waals surface area contributed by atoms with Crippen molar-refractivity contribution in [3.63, 3.8) is 0 Å². The van der Waals surface area contributed by atoms with Crippen molar-refractivity contribution in [2.75, 3.05) is 18.2 Å². The molecule has 0 bridgehead atoms. The Morgan fingerprint density at radius 2 is 2.00 bits per heavy atom. The molecule has 0 fully saturated rings. The maximum atomic E-state index is 11.8. The molecule has 3 nitrogen and oxygen atoms in total. The Labute approximate surface area is 133 Å². The summed E-state index contributed by atoms with van der Waals surface area (Å²) >= 11 is 7.47. The van der Waals surface area contributed by atoms with E-state index in [4.69, 9.17) is 16.3 Å². The molecule has 0 aliphatic rings. The quantitative estimate of drug-likeness (QED) is 0.865. The van der Waals surface area contributed by atoms with Gasteiger partial charge in [-0.3, -0.25) is 4.79 Å². The molecule has 0 atom stereocenters. The molecular formula is C16H16ClNO2S. The SMILES string of the molecule is COc1ccc(NC(=O)CSCc2cccc(Cl)c2)cc1. The van der Waals surface area contributed by atoms with Gasteiger partial charge in [0.15, 0.2) is 0 Å². The van der Waals surface area contributed by atoms with E-state index >= 15 is 0 Å². The molecule has 2 aromatic rings. The minimum atomic E-state index is -0.0211. The number of carbonyl (C=O) groups is 1. The van der Waals surface area contributed by atoms with Crippen LogP contribution in [0.3, 0.4) is 0 Å². The second kappa shape index (κ2) is 7.96. The van der Waals surface area contributed by atoms with Crippen LogP contribution in [0.4, 0.5) is 5.69 Å². The Hall–Kier alpha value is -1.65. The van der Waals surface area contributed by atoms with E-state index < -0.39 is 0 Å². The molecule has 0 radical (unpaired) electrons. The molecule has 0 aromatic heterocycles. The van der Waals surface area contributed by atoms with Crippen LogP contribution in [0.1, 0.15) is 5.56 Å². The molecule has 0 aliphatic heterocycles. The zero-order chi connectivity index (χ0) is 15.1. The molecule has 0 heterocycles. The van der Waals surface area contributed by atoms with Crippen molar-refractivity contribution >= 4 is 35.0 Å². The number of anilines is 1. The van der Waals surface area contributed by atoms with Crippen molar-refractivity contribution in [2.45, 2.75) is 5.75 Å². The van der Waals surface area contributed by atoms with Crippen LogP contribution in [0.2, 0.25) is 5.02 Å². The fraction of sp³-hybridized carbons (Fsp3) is 0.188. The Morgan fingerprint density at radius 1 is 1.24 bits per heavy atom. The van der Waals surface area contributed by atoms with Crippen LogP contribution >= 0.6 is 23.4 Å².